The average Bonchev–Trinajstić information content (AvgIpc) is 2.29. The van der Waals surface area contributed by atoms with Crippen molar-refractivity contribution in [1.29, 1.82) is 0 Å². The maximum atomic E-state index is 11.2. The van der Waals surface area contributed by atoms with E-state index in [0.29, 0.717) is 0 Å². The Morgan fingerprint density at radius 2 is 1.75 bits per heavy atom. The van der Waals surface area contributed by atoms with Gasteiger partial charge in [-0.3, -0.25) is 19.7 Å². The number of para-hydroxylation sites is 1. The van der Waals surface area contributed by atoms with Gasteiger partial charge < -0.3 is 5.73 Å². The van der Waals surface area contributed by atoms with Crippen molar-refractivity contribution in [3.63, 3.8) is 0 Å². The molecule has 0 unspecified atom stereocenters. The summed E-state index contributed by atoms with van der Waals surface area (Å²) in [6.07, 6.45) is 0. The summed E-state index contributed by atoms with van der Waals surface area (Å²) in [6.45, 7) is 0. The fourth-order valence-electron chi connectivity index (χ4n) is 1.52. The summed E-state index contributed by atoms with van der Waals surface area (Å²) in [5.41, 5.74) is 3.38. The molecule has 0 saturated carbocycles. The second-order valence-corrected chi connectivity index (χ2v) is 3.22. The number of nitrogen functional groups attached to an aromatic ring is 1. The lowest BCUT2D eigenvalue weighted by Gasteiger charge is -2.06. The zero-order valence-corrected chi connectivity index (χ0v) is 7.97. The lowest BCUT2D eigenvalue weighted by atomic mass is 9.97. The molecule has 16 heavy (non-hydrogen) atoms. The van der Waals surface area contributed by atoms with Gasteiger partial charge in [0, 0.05) is 6.07 Å². The molecule has 6 heteroatoms. The van der Waals surface area contributed by atoms with Gasteiger partial charge in [0.1, 0.15) is 0 Å². The van der Waals surface area contributed by atoms with Crippen molar-refractivity contribution in [2.75, 3.05) is 5.73 Å². The highest BCUT2D eigenvalue weighted by atomic mass is 16.6. The summed E-state index contributed by atoms with van der Waals surface area (Å²) >= 11 is 0. The summed E-state index contributed by atoms with van der Waals surface area (Å²) in [4.78, 5) is 32.2. The van der Waals surface area contributed by atoms with Crippen LogP contribution in [0.1, 0.15) is 0 Å². The third kappa shape index (κ3) is 1.20. The third-order valence-corrected chi connectivity index (χ3v) is 2.32. The van der Waals surface area contributed by atoms with Gasteiger partial charge >= 0.3 is 0 Å². The molecule has 0 aliphatic heterocycles. The molecule has 2 rings (SSSR count). The van der Waals surface area contributed by atoms with Gasteiger partial charge in [-0.15, -0.1) is 0 Å². The monoisotopic (exact) mass is 218 g/mol. The van der Waals surface area contributed by atoms with E-state index in [1.54, 1.807) is 6.07 Å². The molecule has 0 spiro atoms. The van der Waals surface area contributed by atoms with E-state index in [4.69, 9.17) is 5.73 Å². The fourth-order valence-corrected chi connectivity index (χ4v) is 1.52. The summed E-state index contributed by atoms with van der Waals surface area (Å²) in [5.74, 6) is 0. The number of nitro benzene ring substituents is 1. The number of nitrogens with zero attached hydrogens (tertiary/aromatic N) is 1. The molecule has 80 valence electrons. The minimum atomic E-state index is -0.784. The third-order valence-electron chi connectivity index (χ3n) is 2.32. The largest absolute Gasteiger partial charge is 0.395 e. The van der Waals surface area contributed by atoms with Gasteiger partial charge in [-0.2, -0.15) is 0 Å². The molecule has 2 aromatic rings. The molecule has 0 bridgehead atoms. The first-order chi connectivity index (χ1) is 7.54. The van der Waals surface area contributed by atoms with Crippen LogP contribution in [0.5, 0.6) is 0 Å². The van der Waals surface area contributed by atoms with Crippen LogP contribution in [0, 0.1) is 10.1 Å². The predicted octanol–water partition coefficient (Wildman–Crippen LogP) is 0.440. The molecule has 0 radical (unpaired) electrons. The van der Waals surface area contributed by atoms with Gasteiger partial charge in [0.05, 0.1) is 21.7 Å². The summed E-state index contributed by atoms with van der Waals surface area (Å²) in [6, 6.07) is 5.67. The molecule has 0 aliphatic rings. The SMILES string of the molecule is Nc1c(-c2ccccc2[N+](=O)[O-])c(=O)c1=O. The van der Waals surface area contributed by atoms with Crippen LogP contribution < -0.4 is 16.6 Å². The molecule has 6 nitrogen and oxygen atoms in total. The smallest absolute Gasteiger partial charge is 0.277 e. The molecule has 0 aromatic heterocycles. The molecule has 2 aromatic carbocycles. The molecule has 0 saturated heterocycles. The topological polar surface area (TPSA) is 103 Å². The molecular weight excluding hydrogens is 212 g/mol. The Morgan fingerprint density at radius 1 is 1.12 bits per heavy atom. The highest BCUT2D eigenvalue weighted by Crippen LogP contribution is 2.30. The van der Waals surface area contributed by atoms with Gasteiger partial charge in [0.15, 0.2) is 0 Å². The Hall–Kier alpha value is -2.50. The van der Waals surface area contributed by atoms with Crippen molar-refractivity contribution >= 4 is 11.4 Å². The van der Waals surface area contributed by atoms with E-state index in [2.05, 4.69) is 0 Å². The lowest BCUT2D eigenvalue weighted by molar-refractivity contribution is -0.384. The van der Waals surface area contributed by atoms with Gasteiger partial charge in [-0.25, -0.2) is 0 Å². The number of rotatable bonds is 2. The quantitative estimate of drug-likeness (QED) is 0.447. The molecule has 0 amide bonds. The second kappa shape index (κ2) is 3.27. The molecular formula is C10H6N2O4. The van der Waals surface area contributed by atoms with Crippen LogP contribution in [0.25, 0.3) is 11.1 Å². The second-order valence-electron chi connectivity index (χ2n) is 3.22. The Kier molecular flexibility index (Phi) is 2.05. The van der Waals surface area contributed by atoms with Crippen molar-refractivity contribution in [1.82, 2.24) is 0 Å². The number of hydrogen-bond acceptors (Lipinski definition) is 5. The number of nitrogens with two attached hydrogens (primary N) is 1. The van der Waals surface area contributed by atoms with Crippen molar-refractivity contribution in [3.05, 3.63) is 54.8 Å². The minimum Gasteiger partial charge on any atom is -0.395 e. The summed E-state index contributed by atoms with van der Waals surface area (Å²) < 4.78 is 0. The van der Waals surface area contributed by atoms with Crippen molar-refractivity contribution < 1.29 is 4.92 Å². The minimum absolute atomic E-state index is 0.0581. The van der Waals surface area contributed by atoms with Gasteiger partial charge in [0.25, 0.3) is 5.69 Å². The predicted molar refractivity (Wildman–Crippen MR) is 57.9 cm³/mol. The Bertz CT molecular complexity index is 653. The van der Waals surface area contributed by atoms with E-state index >= 15 is 0 Å². The standard InChI is InChI=1S/C10H6N2O4/c11-8-7(9(13)10(8)14)5-3-1-2-4-6(5)12(15)16/h1-4H,11H2. The van der Waals surface area contributed by atoms with Gasteiger partial charge in [-0.05, 0) is 6.07 Å². The van der Waals surface area contributed by atoms with Crippen LogP contribution in [-0.4, -0.2) is 4.92 Å². The highest BCUT2D eigenvalue weighted by molar-refractivity contribution is 5.85. The van der Waals surface area contributed by atoms with E-state index in [9.17, 15) is 19.7 Å². The average molecular weight is 218 g/mol. The van der Waals surface area contributed by atoms with E-state index < -0.39 is 15.8 Å². The van der Waals surface area contributed by atoms with Gasteiger partial charge in [-0.1, -0.05) is 12.1 Å². The number of anilines is 1. The molecule has 2 N–H and O–H groups in total. The van der Waals surface area contributed by atoms with Crippen LogP contribution in [0.4, 0.5) is 11.4 Å². The van der Waals surface area contributed by atoms with Crippen LogP contribution in [0.15, 0.2) is 33.9 Å². The van der Waals surface area contributed by atoms with E-state index in [1.165, 1.54) is 18.2 Å². The zero-order valence-electron chi connectivity index (χ0n) is 7.97. The number of nitro groups is 1. The Balaban J connectivity index is 2.72. The summed E-state index contributed by atoms with van der Waals surface area (Å²) in [5, 5.41) is 10.7. The first-order valence-corrected chi connectivity index (χ1v) is 4.36. The van der Waals surface area contributed by atoms with Crippen LogP contribution in [0.2, 0.25) is 0 Å². The first kappa shape index (κ1) is 10.0. The molecule has 0 heterocycles. The van der Waals surface area contributed by atoms with Crippen LogP contribution >= 0.6 is 0 Å². The maximum absolute atomic E-state index is 11.2. The number of benzene rings is 1. The van der Waals surface area contributed by atoms with E-state index in [-0.39, 0.29) is 22.5 Å². The number of hydrogen-bond donors (Lipinski definition) is 1. The Labute approximate surface area is 88.8 Å². The zero-order chi connectivity index (χ0) is 11.9. The molecule has 0 aliphatic carbocycles. The fraction of sp³-hybridized carbons (Fsp3) is 0. The van der Waals surface area contributed by atoms with E-state index in [1.807, 2.05) is 0 Å². The van der Waals surface area contributed by atoms with Crippen molar-refractivity contribution in [2.45, 2.75) is 0 Å². The summed E-state index contributed by atoms with van der Waals surface area (Å²) in [7, 11) is 0. The molecule has 0 atom stereocenters. The van der Waals surface area contributed by atoms with Crippen molar-refractivity contribution in [3.8, 4) is 11.1 Å². The van der Waals surface area contributed by atoms with Crippen LogP contribution in [-0.2, 0) is 0 Å². The lowest BCUT2D eigenvalue weighted by Crippen LogP contribution is -2.35. The van der Waals surface area contributed by atoms with Gasteiger partial charge in [0.2, 0.25) is 10.9 Å². The highest BCUT2D eigenvalue weighted by Gasteiger charge is 2.25. The van der Waals surface area contributed by atoms with E-state index in [0.717, 1.165) is 0 Å². The molecule has 0 fully saturated rings. The first-order valence-electron chi connectivity index (χ1n) is 4.36. The van der Waals surface area contributed by atoms with Crippen molar-refractivity contribution in [2.24, 2.45) is 0 Å². The normalized spacial score (nSPS) is 10.5. The van der Waals surface area contributed by atoms with Crippen LogP contribution in [0.3, 0.4) is 0 Å². The maximum Gasteiger partial charge on any atom is 0.277 e. The Morgan fingerprint density at radius 3 is 2.31 bits per heavy atom.